The summed E-state index contributed by atoms with van der Waals surface area (Å²) in [6.07, 6.45) is 0. The second-order valence-electron chi connectivity index (χ2n) is 5.08. The normalized spacial score (nSPS) is 12.2. The van der Waals surface area contributed by atoms with Gasteiger partial charge in [-0.3, -0.25) is 4.90 Å². The molecule has 0 aliphatic heterocycles. The van der Waals surface area contributed by atoms with E-state index >= 15 is 0 Å². The Morgan fingerprint density at radius 1 is 1.38 bits per heavy atom. The monoisotopic (exact) mass is 241 g/mol. The van der Waals surface area contributed by atoms with Crippen LogP contribution in [0.15, 0.2) is 18.2 Å². The second kappa shape index (κ2) is 5.17. The molecule has 16 heavy (non-hydrogen) atoms. The third-order valence-electron chi connectivity index (χ3n) is 2.31. The molecule has 1 rings (SSSR count). The first-order chi connectivity index (χ1) is 7.28. The van der Waals surface area contributed by atoms with Gasteiger partial charge in [-0.15, -0.1) is 0 Å². The molecule has 0 atom stereocenters. The number of likely N-dealkylation sites (N-methyl/N-ethyl adjacent to an activating group) is 1. The predicted octanol–water partition coefficient (Wildman–Crippen LogP) is 2.85. The molecule has 90 valence electrons. The summed E-state index contributed by atoms with van der Waals surface area (Å²) in [5.74, 6) is 0. The van der Waals surface area contributed by atoms with E-state index in [2.05, 4.69) is 11.0 Å². The zero-order valence-electron chi connectivity index (χ0n) is 10.4. The Labute approximate surface area is 103 Å². The minimum Gasteiger partial charge on any atom is -0.389 e. The van der Waals surface area contributed by atoms with Crippen LogP contribution in [0, 0.1) is 6.92 Å². The fourth-order valence-corrected chi connectivity index (χ4v) is 2.08. The number of benzene rings is 1. The van der Waals surface area contributed by atoms with Gasteiger partial charge in [0.15, 0.2) is 0 Å². The molecular formula is C13H20ClNO. The molecule has 1 aromatic carbocycles. The summed E-state index contributed by atoms with van der Waals surface area (Å²) >= 11 is 6.16. The van der Waals surface area contributed by atoms with Gasteiger partial charge in [0.25, 0.3) is 0 Å². The highest BCUT2D eigenvalue weighted by molar-refractivity contribution is 6.31. The molecule has 0 heterocycles. The van der Waals surface area contributed by atoms with Crippen molar-refractivity contribution in [2.75, 3.05) is 13.6 Å². The molecule has 0 amide bonds. The lowest BCUT2D eigenvalue weighted by molar-refractivity contribution is 0.0425. The fraction of sp³-hybridized carbons (Fsp3) is 0.538. The maximum absolute atomic E-state index is 9.70. The molecule has 1 aromatic rings. The van der Waals surface area contributed by atoms with Gasteiger partial charge in [-0.2, -0.15) is 0 Å². The number of rotatable bonds is 4. The van der Waals surface area contributed by atoms with E-state index in [1.54, 1.807) is 13.8 Å². The Hall–Kier alpha value is -0.570. The van der Waals surface area contributed by atoms with Crippen molar-refractivity contribution in [3.63, 3.8) is 0 Å². The number of nitrogens with zero attached hydrogens (tertiary/aromatic N) is 1. The topological polar surface area (TPSA) is 23.5 Å². The van der Waals surface area contributed by atoms with E-state index in [0.29, 0.717) is 6.54 Å². The lowest BCUT2D eigenvalue weighted by Crippen LogP contribution is -2.35. The molecule has 0 bridgehead atoms. The highest BCUT2D eigenvalue weighted by Crippen LogP contribution is 2.19. The van der Waals surface area contributed by atoms with Gasteiger partial charge >= 0.3 is 0 Å². The number of hydrogen-bond acceptors (Lipinski definition) is 2. The summed E-state index contributed by atoms with van der Waals surface area (Å²) in [5.41, 5.74) is 1.59. The SMILES string of the molecule is Cc1ccc(CN(C)CC(C)(C)O)c(Cl)c1. The summed E-state index contributed by atoms with van der Waals surface area (Å²) in [6, 6.07) is 6.06. The molecular weight excluding hydrogens is 222 g/mol. The standard InChI is InChI=1S/C13H20ClNO/c1-10-5-6-11(12(14)7-10)8-15(4)9-13(2,3)16/h5-7,16H,8-9H2,1-4H3. The van der Waals surface area contributed by atoms with E-state index < -0.39 is 5.60 Å². The third-order valence-corrected chi connectivity index (χ3v) is 2.66. The molecule has 3 heteroatoms. The summed E-state index contributed by atoms with van der Waals surface area (Å²) < 4.78 is 0. The molecule has 0 radical (unpaired) electrons. The van der Waals surface area contributed by atoms with Gasteiger partial charge in [-0.25, -0.2) is 0 Å². The summed E-state index contributed by atoms with van der Waals surface area (Å²) in [7, 11) is 1.98. The largest absolute Gasteiger partial charge is 0.389 e. The Morgan fingerprint density at radius 3 is 2.50 bits per heavy atom. The molecule has 0 saturated carbocycles. The van der Waals surface area contributed by atoms with Crippen molar-refractivity contribution in [2.24, 2.45) is 0 Å². The van der Waals surface area contributed by atoms with Crippen LogP contribution in [0.3, 0.4) is 0 Å². The summed E-state index contributed by atoms with van der Waals surface area (Å²) in [5, 5.41) is 10.5. The molecule has 2 nitrogen and oxygen atoms in total. The average molecular weight is 242 g/mol. The first-order valence-electron chi connectivity index (χ1n) is 5.44. The molecule has 0 saturated heterocycles. The van der Waals surface area contributed by atoms with Gasteiger partial charge in [-0.05, 0) is 45.0 Å². The highest BCUT2D eigenvalue weighted by Gasteiger charge is 2.16. The van der Waals surface area contributed by atoms with Crippen LogP contribution in [0.25, 0.3) is 0 Å². The molecule has 0 aliphatic carbocycles. The molecule has 1 N–H and O–H groups in total. The highest BCUT2D eigenvalue weighted by atomic mass is 35.5. The van der Waals surface area contributed by atoms with Gasteiger partial charge in [0.05, 0.1) is 5.60 Å². The first-order valence-corrected chi connectivity index (χ1v) is 5.82. The lowest BCUT2D eigenvalue weighted by Gasteiger charge is -2.25. The number of halogens is 1. The Bertz CT molecular complexity index is 357. The van der Waals surface area contributed by atoms with Gasteiger partial charge in [0, 0.05) is 18.1 Å². The minimum absolute atomic E-state index is 0.622. The van der Waals surface area contributed by atoms with Crippen molar-refractivity contribution < 1.29 is 5.11 Å². The summed E-state index contributed by atoms with van der Waals surface area (Å²) in [4.78, 5) is 2.07. The molecule has 0 fully saturated rings. The van der Waals surface area contributed by atoms with Crippen molar-refractivity contribution in [1.82, 2.24) is 4.90 Å². The smallest absolute Gasteiger partial charge is 0.0718 e. The van der Waals surface area contributed by atoms with E-state index in [-0.39, 0.29) is 0 Å². The van der Waals surface area contributed by atoms with Crippen molar-refractivity contribution in [1.29, 1.82) is 0 Å². The molecule has 0 aromatic heterocycles. The number of hydrogen-bond donors (Lipinski definition) is 1. The van der Waals surface area contributed by atoms with Crippen LogP contribution in [-0.4, -0.2) is 29.2 Å². The van der Waals surface area contributed by atoms with Crippen LogP contribution in [0.2, 0.25) is 5.02 Å². The van der Waals surface area contributed by atoms with Crippen LogP contribution < -0.4 is 0 Å². The van der Waals surface area contributed by atoms with E-state index in [1.165, 1.54) is 5.56 Å². The number of aryl methyl sites for hydroxylation is 1. The molecule has 0 unspecified atom stereocenters. The Morgan fingerprint density at radius 2 is 2.00 bits per heavy atom. The molecule has 0 spiro atoms. The quantitative estimate of drug-likeness (QED) is 0.876. The predicted molar refractivity (Wildman–Crippen MR) is 68.8 cm³/mol. The molecule has 0 aliphatic rings. The average Bonchev–Trinajstić information content (AvgIpc) is 2.06. The van der Waals surface area contributed by atoms with E-state index in [9.17, 15) is 5.11 Å². The van der Waals surface area contributed by atoms with Gasteiger partial charge in [0.2, 0.25) is 0 Å². The van der Waals surface area contributed by atoms with Crippen LogP contribution >= 0.6 is 11.6 Å². The van der Waals surface area contributed by atoms with E-state index in [0.717, 1.165) is 17.1 Å². The van der Waals surface area contributed by atoms with Crippen LogP contribution in [0.1, 0.15) is 25.0 Å². The third kappa shape index (κ3) is 4.52. The van der Waals surface area contributed by atoms with E-state index in [1.807, 2.05) is 26.1 Å². The van der Waals surface area contributed by atoms with Crippen molar-refractivity contribution in [3.05, 3.63) is 34.3 Å². The minimum atomic E-state index is -0.675. The van der Waals surface area contributed by atoms with Gasteiger partial charge in [0.1, 0.15) is 0 Å². The Balaban J connectivity index is 2.66. The van der Waals surface area contributed by atoms with Crippen molar-refractivity contribution in [3.8, 4) is 0 Å². The lowest BCUT2D eigenvalue weighted by atomic mass is 10.1. The maximum atomic E-state index is 9.70. The van der Waals surface area contributed by atoms with Crippen LogP contribution in [0.5, 0.6) is 0 Å². The van der Waals surface area contributed by atoms with E-state index in [4.69, 9.17) is 11.6 Å². The second-order valence-corrected chi connectivity index (χ2v) is 5.49. The Kier molecular flexibility index (Phi) is 4.36. The fourth-order valence-electron chi connectivity index (χ4n) is 1.79. The van der Waals surface area contributed by atoms with Crippen LogP contribution in [0.4, 0.5) is 0 Å². The van der Waals surface area contributed by atoms with Crippen molar-refractivity contribution in [2.45, 2.75) is 32.9 Å². The van der Waals surface area contributed by atoms with Gasteiger partial charge in [-0.1, -0.05) is 23.7 Å². The van der Waals surface area contributed by atoms with Crippen LogP contribution in [-0.2, 0) is 6.54 Å². The van der Waals surface area contributed by atoms with Crippen molar-refractivity contribution >= 4 is 11.6 Å². The number of aliphatic hydroxyl groups is 1. The zero-order valence-corrected chi connectivity index (χ0v) is 11.2. The zero-order chi connectivity index (χ0) is 12.3. The van der Waals surface area contributed by atoms with Gasteiger partial charge < -0.3 is 5.11 Å². The first kappa shape index (κ1) is 13.5. The maximum Gasteiger partial charge on any atom is 0.0718 e. The summed E-state index contributed by atoms with van der Waals surface area (Å²) in [6.45, 7) is 7.01.